The first kappa shape index (κ1) is 39.3. The number of nitrogens with zero attached hydrogens (tertiary/aromatic N) is 3. The molecule has 9 rings (SSSR count). The first-order chi connectivity index (χ1) is 27.7. The van der Waals surface area contributed by atoms with E-state index in [1.807, 2.05) is 0 Å². The van der Waals surface area contributed by atoms with E-state index < -0.39 is 0 Å². The first-order valence-electron chi connectivity index (χ1n) is 21.3. The Morgan fingerprint density at radius 3 is 1.39 bits per heavy atom. The van der Waals surface area contributed by atoms with Crippen LogP contribution in [0.4, 0.5) is 34.1 Å². The minimum Gasteiger partial charge on any atom is -0.311 e. The lowest BCUT2D eigenvalue weighted by atomic mass is 9.33. The standard InChI is InChI=1S/C54H58BN3S/c1-33-28-46-49-47(29-33)58(40-25-20-37(21-26-40)53(8,9)10)45-32-43-48(59-50(56-43)34-14-16-35(17-15-34)51(2,3)4)31-42(45)55(49)41-30-38(54(11,12)13)22-27-44(41)57(46)39-23-18-36(19-24-39)52(5,6)7/h14-32H,1-13H3. The average molecular weight is 792 g/mol. The maximum Gasteiger partial charge on any atom is 0.252 e. The Morgan fingerprint density at radius 1 is 0.458 bits per heavy atom. The van der Waals surface area contributed by atoms with Crippen molar-refractivity contribution in [2.75, 3.05) is 9.80 Å². The lowest BCUT2D eigenvalue weighted by Gasteiger charge is -2.44. The lowest BCUT2D eigenvalue weighted by molar-refractivity contribution is 0.590. The summed E-state index contributed by atoms with van der Waals surface area (Å²) in [5.74, 6) is 0. The summed E-state index contributed by atoms with van der Waals surface area (Å²) in [6.07, 6.45) is 0. The molecule has 0 amide bonds. The highest BCUT2D eigenvalue weighted by molar-refractivity contribution is 7.21. The predicted molar refractivity (Wildman–Crippen MR) is 259 cm³/mol. The van der Waals surface area contributed by atoms with Crippen LogP contribution in [0.3, 0.4) is 0 Å². The monoisotopic (exact) mass is 791 g/mol. The summed E-state index contributed by atoms with van der Waals surface area (Å²) in [5.41, 5.74) is 20.3. The molecule has 0 saturated carbocycles. The number of aromatic nitrogens is 1. The Hall–Kier alpha value is -5.13. The van der Waals surface area contributed by atoms with Crippen molar-refractivity contribution < 1.29 is 0 Å². The molecule has 0 spiro atoms. The molecule has 2 aliphatic rings. The number of hydrogen-bond donors (Lipinski definition) is 0. The molecule has 0 atom stereocenters. The van der Waals surface area contributed by atoms with Crippen molar-refractivity contribution in [2.45, 2.75) is 112 Å². The zero-order valence-electron chi connectivity index (χ0n) is 37.3. The molecular weight excluding hydrogens is 733 g/mol. The van der Waals surface area contributed by atoms with E-state index in [-0.39, 0.29) is 28.4 Å². The van der Waals surface area contributed by atoms with Gasteiger partial charge in [0.05, 0.1) is 10.2 Å². The first-order valence-corrected chi connectivity index (χ1v) is 22.1. The summed E-state index contributed by atoms with van der Waals surface area (Å²) in [5, 5.41) is 1.06. The highest BCUT2D eigenvalue weighted by Crippen LogP contribution is 2.47. The quantitative estimate of drug-likeness (QED) is 0.166. The van der Waals surface area contributed by atoms with E-state index in [0.29, 0.717) is 0 Å². The van der Waals surface area contributed by atoms with Crippen LogP contribution in [0.25, 0.3) is 20.8 Å². The highest BCUT2D eigenvalue weighted by Gasteiger charge is 2.44. The molecule has 6 aromatic carbocycles. The average Bonchev–Trinajstić information content (AvgIpc) is 3.58. The summed E-state index contributed by atoms with van der Waals surface area (Å²) >= 11 is 1.81. The van der Waals surface area contributed by atoms with Crippen LogP contribution in [-0.4, -0.2) is 11.7 Å². The maximum absolute atomic E-state index is 5.36. The number of thiazole rings is 1. The van der Waals surface area contributed by atoms with Crippen LogP contribution in [0.2, 0.25) is 0 Å². The fourth-order valence-electron chi connectivity index (χ4n) is 9.04. The van der Waals surface area contributed by atoms with Crippen LogP contribution in [-0.2, 0) is 21.7 Å². The minimum absolute atomic E-state index is 0.0119. The van der Waals surface area contributed by atoms with E-state index in [1.165, 1.54) is 82.9 Å². The van der Waals surface area contributed by atoms with Crippen molar-refractivity contribution in [1.82, 2.24) is 4.98 Å². The number of hydrogen-bond acceptors (Lipinski definition) is 4. The number of aryl methyl sites for hydroxylation is 1. The summed E-state index contributed by atoms with van der Waals surface area (Å²) in [4.78, 5) is 10.4. The van der Waals surface area contributed by atoms with E-state index in [1.54, 1.807) is 11.3 Å². The Balaban J connectivity index is 1.33. The van der Waals surface area contributed by atoms with E-state index in [0.717, 1.165) is 16.2 Å². The van der Waals surface area contributed by atoms with Gasteiger partial charge in [0.25, 0.3) is 6.71 Å². The molecule has 59 heavy (non-hydrogen) atoms. The molecule has 0 radical (unpaired) electrons. The normalized spacial score (nSPS) is 14.1. The Morgan fingerprint density at radius 2 is 0.898 bits per heavy atom. The van der Waals surface area contributed by atoms with Crippen LogP contribution in [0.15, 0.2) is 115 Å². The summed E-state index contributed by atoms with van der Waals surface area (Å²) in [7, 11) is 0. The van der Waals surface area contributed by atoms with E-state index in [4.69, 9.17) is 4.98 Å². The highest BCUT2D eigenvalue weighted by atomic mass is 32.1. The van der Waals surface area contributed by atoms with Gasteiger partial charge in [0, 0.05) is 39.7 Å². The molecule has 0 bridgehead atoms. The second kappa shape index (κ2) is 13.4. The molecule has 298 valence electrons. The Labute approximate surface area is 357 Å². The molecule has 0 aliphatic carbocycles. The van der Waals surface area contributed by atoms with E-state index >= 15 is 0 Å². The molecule has 2 aliphatic heterocycles. The number of benzene rings is 6. The van der Waals surface area contributed by atoms with E-state index in [9.17, 15) is 0 Å². The largest absolute Gasteiger partial charge is 0.311 e. The van der Waals surface area contributed by atoms with Crippen LogP contribution in [0.1, 0.15) is 111 Å². The fourth-order valence-corrected chi connectivity index (χ4v) is 10.0. The van der Waals surface area contributed by atoms with Crippen molar-refractivity contribution in [2.24, 2.45) is 0 Å². The van der Waals surface area contributed by atoms with Crippen LogP contribution in [0, 0.1) is 6.92 Å². The van der Waals surface area contributed by atoms with Crippen molar-refractivity contribution >= 4 is 78.8 Å². The molecule has 0 fully saturated rings. The van der Waals surface area contributed by atoms with Gasteiger partial charge in [0.1, 0.15) is 5.01 Å². The molecule has 0 unspecified atom stereocenters. The number of rotatable bonds is 3. The second-order valence-electron chi connectivity index (χ2n) is 21.2. The molecule has 7 aromatic rings. The SMILES string of the molecule is Cc1cc2c3c(c1)N(c1ccc(C(C)(C)C)cc1)c1cc4nc(-c5ccc(C(C)(C)C)cc5)sc4cc1B3c1cc(C(C)(C)C)ccc1N2c1ccc(C(C)(C)C)cc1. The molecule has 3 heterocycles. The summed E-state index contributed by atoms with van der Waals surface area (Å²) < 4.78 is 1.22. The van der Waals surface area contributed by atoms with Crippen molar-refractivity contribution in [1.29, 1.82) is 0 Å². The third kappa shape index (κ3) is 6.80. The number of fused-ring (bicyclic) bond motifs is 5. The van der Waals surface area contributed by atoms with Crippen LogP contribution >= 0.6 is 11.3 Å². The molecule has 0 saturated heterocycles. The summed E-state index contributed by atoms with van der Waals surface area (Å²) in [6, 6.07) is 44.6. The minimum atomic E-state index is -0.0119. The zero-order chi connectivity index (χ0) is 42.0. The number of anilines is 6. The van der Waals surface area contributed by atoms with Gasteiger partial charge in [0.15, 0.2) is 0 Å². The maximum atomic E-state index is 5.36. The van der Waals surface area contributed by atoms with Crippen molar-refractivity contribution in [3.05, 3.63) is 143 Å². The Kier molecular flexibility index (Phi) is 8.97. The fraction of sp³-hybridized carbons (Fsp3) is 0.315. The van der Waals surface area contributed by atoms with Crippen molar-refractivity contribution in [3.63, 3.8) is 0 Å². The van der Waals surface area contributed by atoms with Gasteiger partial charge in [0.2, 0.25) is 0 Å². The van der Waals surface area contributed by atoms with Gasteiger partial charge in [-0.05, 0) is 127 Å². The molecule has 3 nitrogen and oxygen atoms in total. The van der Waals surface area contributed by atoms with Gasteiger partial charge in [-0.15, -0.1) is 11.3 Å². The van der Waals surface area contributed by atoms with Gasteiger partial charge in [-0.1, -0.05) is 144 Å². The van der Waals surface area contributed by atoms with Crippen molar-refractivity contribution in [3.8, 4) is 10.6 Å². The lowest BCUT2D eigenvalue weighted by Crippen LogP contribution is -2.61. The molecular formula is C54H58BN3S. The van der Waals surface area contributed by atoms with Crippen LogP contribution < -0.4 is 26.2 Å². The van der Waals surface area contributed by atoms with Gasteiger partial charge in [-0.3, -0.25) is 0 Å². The Bertz CT molecular complexity index is 2750. The van der Waals surface area contributed by atoms with Crippen LogP contribution in [0.5, 0.6) is 0 Å². The molecule has 5 heteroatoms. The van der Waals surface area contributed by atoms with Gasteiger partial charge >= 0.3 is 0 Å². The smallest absolute Gasteiger partial charge is 0.252 e. The van der Waals surface area contributed by atoms with Gasteiger partial charge < -0.3 is 9.80 Å². The zero-order valence-corrected chi connectivity index (χ0v) is 38.1. The third-order valence-electron chi connectivity index (χ3n) is 12.6. The van der Waals surface area contributed by atoms with Gasteiger partial charge in [-0.25, -0.2) is 4.98 Å². The second-order valence-corrected chi connectivity index (χ2v) is 22.2. The summed E-state index contributed by atoms with van der Waals surface area (Å²) in [6.45, 7) is 29.8. The predicted octanol–water partition coefficient (Wildman–Crippen LogP) is 13.5. The topological polar surface area (TPSA) is 19.4 Å². The van der Waals surface area contributed by atoms with E-state index in [2.05, 4.69) is 215 Å². The third-order valence-corrected chi connectivity index (χ3v) is 13.6. The van der Waals surface area contributed by atoms with Gasteiger partial charge in [-0.2, -0.15) is 0 Å². The molecule has 1 aromatic heterocycles. The molecule has 0 N–H and O–H groups in total.